The number of fused-ring (bicyclic) bond motifs is 4. The van der Waals surface area contributed by atoms with Crippen LogP contribution >= 0.6 is 12.6 Å². The Kier molecular flexibility index (Phi) is 7.25. The fourth-order valence-corrected chi connectivity index (χ4v) is 7.62. The number of piperazine rings is 1. The summed E-state index contributed by atoms with van der Waals surface area (Å²) in [5.74, 6) is 0.975. The zero-order valence-corrected chi connectivity index (χ0v) is 26.1. The Morgan fingerprint density at radius 1 is 1.07 bits per heavy atom. The number of hydrogen-bond acceptors (Lipinski definition) is 6. The van der Waals surface area contributed by atoms with E-state index in [2.05, 4.69) is 85.1 Å². The molecule has 0 spiro atoms. The molecule has 0 amide bonds. The van der Waals surface area contributed by atoms with E-state index < -0.39 is 0 Å². The number of nitrogens with one attached hydrogen (secondary N) is 1. The molecular weight excluding hydrogens is 526 g/mol. The van der Waals surface area contributed by atoms with Gasteiger partial charge in [0.1, 0.15) is 0 Å². The summed E-state index contributed by atoms with van der Waals surface area (Å²) in [5.41, 5.74) is 7.43. The normalized spacial score (nSPS) is 20.2. The van der Waals surface area contributed by atoms with Gasteiger partial charge in [0.25, 0.3) is 0 Å². The number of nitrogens with zero attached hydrogens (tertiary/aromatic N) is 4. The molecule has 0 atom stereocenters. The van der Waals surface area contributed by atoms with Crippen LogP contribution < -0.4 is 4.90 Å². The maximum Gasteiger partial charge on any atom is 0.195 e. The van der Waals surface area contributed by atoms with Gasteiger partial charge in [0.05, 0.1) is 17.2 Å². The van der Waals surface area contributed by atoms with Crippen LogP contribution in [0.1, 0.15) is 85.8 Å². The van der Waals surface area contributed by atoms with E-state index in [1.807, 2.05) is 12.1 Å². The highest BCUT2D eigenvalue weighted by Crippen LogP contribution is 2.46. The third-order valence-corrected chi connectivity index (χ3v) is 11.0. The van der Waals surface area contributed by atoms with E-state index in [0.717, 1.165) is 84.7 Å². The summed E-state index contributed by atoms with van der Waals surface area (Å²) >= 11 is 4.58. The molecule has 3 aromatic rings. The van der Waals surface area contributed by atoms with Crippen molar-refractivity contribution in [1.82, 2.24) is 14.8 Å². The van der Waals surface area contributed by atoms with Gasteiger partial charge in [-0.05, 0) is 68.5 Å². The fourth-order valence-electron chi connectivity index (χ4n) is 7.42. The lowest BCUT2D eigenvalue weighted by molar-refractivity contribution is 0.0384. The van der Waals surface area contributed by atoms with Crippen LogP contribution in [0, 0.1) is 11.3 Å². The molecule has 41 heavy (non-hydrogen) atoms. The van der Waals surface area contributed by atoms with Crippen molar-refractivity contribution in [2.24, 2.45) is 0 Å². The highest BCUT2D eigenvalue weighted by Gasteiger charge is 2.41. The number of H-pyrrole nitrogens is 1. The molecule has 1 aliphatic carbocycles. The minimum absolute atomic E-state index is 0.0884. The van der Waals surface area contributed by atoms with Crippen molar-refractivity contribution in [2.75, 3.05) is 49.9 Å². The Morgan fingerprint density at radius 2 is 1.78 bits per heavy atom. The molecular formula is C34H43N5OS. The number of carbonyl (C=O) groups is 1. The van der Waals surface area contributed by atoms with Crippen LogP contribution in [0.5, 0.6) is 0 Å². The lowest BCUT2D eigenvalue weighted by Crippen LogP contribution is -2.58. The molecule has 216 valence electrons. The minimum atomic E-state index is -0.357. The van der Waals surface area contributed by atoms with E-state index in [0.29, 0.717) is 11.6 Å². The van der Waals surface area contributed by atoms with Crippen LogP contribution in [0.15, 0.2) is 30.3 Å². The van der Waals surface area contributed by atoms with Gasteiger partial charge in [-0.15, -0.1) is 0 Å². The summed E-state index contributed by atoms with van der Waals surface area (Å²) in [6, 6.07) is 12.9. The Bertz CT molecular complexity index is 1530. The molecule has 6 rings (SSSR count). The summed E-state index contributed by atoms with van der Waals surface area (Å²) < 4.78 is 0. The number of aromatic nitrogens is 1. The molecule has 3 heterocycles. The zero-order chi connectivity index (χ0) is 29.1. The molecule has 2 aromatic carbocycles. The lowest BCUT2D eigenvalue weighted by atomic mass is 9.70. The average Bonchev–Trinajstić information content (AvgIpc) is 3.40. The topological polar surface area (TPSA) is 66.4 Å². The second kappa shape index (κ2) is 10.5. The number of benzene rings is 2. The fraction of sp³-hybridized carbons (Fsp3) is 0.529. The quantitative estimate of drug-likeness (QED) is 0.382. The van der Waals surface area contributed by atoms with Gasteiger partial charge in [0.15, 0.2) is 5.78 Å². The number of rotatable bonds is 5. The van der Waals surface area contributed by atoms with E-state index in [4.69, 9.17) is 0 Å². The summed E-state index contributed by atoms with van der Waals surface area (Å²) in [4.78, 5) is 25.4. The number of nitriles is 1. The molecule has 0 radical (unpaired) electrons. The van der Waals surface area contributed by atoms with Gasteiger partial charge in [0, 0.05) is 89.9 Å². The van der Waals surface area contributed by atoms with E-state index in [-0.39, 0.29) is 16.7 Å². The van der Waals surface area contributed by atoms with Crippen molar-refractivity contribution < 1.29 is 4.79 Å². The van der Waals surface area contributed by atoms with Crippen molar-refractivity contribution >= 4 is 35.0 Å². The predicted octanol–water partition coefficient (Wildman–Crippen LogP) is 5.77. The molecule has 3 aliphatic rings. The monoisotopic (exact) mass is 569 g/mol. The van der Waals surface area contributed by atoms with Gasteiger partial charge in [-0.3, -0.25) is 14.6 Å². The van der Waals surface area contributed by atoms with Crippen molar-refractivity contribution in [1.29, 1.82) is 5.26 Å². The van der Waals surface area contributed by atoms with Crippen LogP contribution in [0.25, 0.3) is 10.9 Å². The van der Waals surface area contributed by atoms with Crippen molar-refractivity contribution in [2.45, 2.75) is 70.9 Å². The largest absolute Gasteiger partial charge is 0.371 e. The molecule has 0 unspecified atom stereocenters. The van der Waals surface area contributed by atoms with Crippen LogP contribution in [-0.2, 0) is 11.8 Å². The first kappa shape index (κ1) is 28.3. The van der Waals surface area contributed by atoms with E-state index >= 15 is 0 Å². The number of ketones is 1. The molecule has 1 N–H and O–H groups in total. The number of aromatic amines is 1. The van der Waals surface area contributed by atoms with Crippen molar-refractivity contribution in [3.63, 3.8) is 0 Å². The first-order valence-electron chi connectivity index (χ1n) is 15.2. The van der Waals surface area contributed by atoms with E-state index in [9.17, 15) is 10.1 Å². The van der Waals surface area contributed by atoms with E-state index in [1.54, 1.807) is 6.07 Å². The number of carbonyl (C=O) groups excluding carboxylic acids is 1. The predicted molar refractivity (Wildman–Crippen MR) is 171 cm³/mol. The third-order valence-electron chi connectivity index (χ3n) is 10.2. The second-order valence-corrected chi connectivity index (χ2v) is 13.6. The first-order valence-corrected chi connectivity index (χ1v) is 15.9. The Labute approximate surface area is 250 Å². The van der Waals surface area contributed by atoms with Gasteiger partial charge in [-0.25, -0.2) is 0 Å². The van der Waals surface area contributed by atoms with Crippen molar-refractivity contribution in [3.05, 3.63) is 63.8 Å². The average molecular weight is 570 g/mol. The van der Waals surface area contributed by atoms with Gasteiger partial charge in [-0.1, -0.05) is 26.8 Å². The highest BCUT2D eigenvalue weighted by atomic mass is 32.1. The van der Waals surface area contributed by atoms with Crippen LogP contribution in [-0.4, -0.2) is 77.2 Å². The van der Waals surface area contributed by atoms with Crippen molar-refractivity contribution in [3.8, 4) is 6.07 Å². The molecule has 1 aromatic heterocycles. The van der Waals surface area contributed by atoms with Crippen LogP contribution in [0.4, 0.5) is 5.69 Å². The maximum absolute atomic E-state index is 14.0. The number of piperidine rings is 1. The highest BCUT2D eigenvalue weighted by molar-refractivity contribution is 7.80. The van der Waals surface area contributed by atoms with Crippen LogP contribution in [0.3, 0.4) is 0 Å². The Balaban J connectivity index is 1.25. The number of thiol groups is 1. The molecule has 2 saturated heterocycles. The van der Waals surface area contributed by atoms with Gasteiger partial charge >= 0.3 is 0 Å². The molecule has 0 saturated carbocycles. The standard InChI is InChI=1S/C34H43N5OS/c1-6-23-18-26-27(34(4,5)32-30(31(26)40)25-8-7-22(20-35)17-28(25)36-32)19-29(23)38-11-9-24(10-12-38)37-13-15-39(16-14-37)33(2,3)21-41/h7-8,17-19,24,36,41H,6,9-16,21H2,1-5H3. The molecule has 6 nitrogen and oxygen atoms in total. The molecule has 7 heteroatoms. The molecule has 2 fully saturated rings. The van der Waals surface area contributed by atoms with Gasteiger partial charge < -0.3 is 9.88 Å². The minimum Gasteiger partial charge on any atom is -0.371 e. The van der Waals surface area contributed by atoms with Gasteiger partial charge in [-0.2, -0.15) is 17.9 Å². The summed E-state index contributed by atoms with van der Waals surface area (Å²) in [6.07, 6.45) is 3.24. The Hall–Kier alpha value is -2.79. The van der Waals surface area contributed by atoms with Gasteiger partial charge in [0.2, 0.25) is 0 Å². The summed E-state index contributed by atoms with van der Waals surface area (Å²) in [5, 5.41) is 10.3. The number of hydrogen-bond donors (Lipinski definition) is 2. The zero-order valence-electron chi connectivity index (χ0n) is 25.2. The second-order valence-electron chi connectivity index (χ2n) is 13.3. The summed E-state index contributed by atoms with van der Waals surface area (Å²) in [6.45, 7) is 17.8. The number of anilines is 1. The van der Waals surface area contributed by atoms with Crippen LogP contribution in [0.2, 0.25) is 0 Å². The first-order chi connectivity index (χ1) is 19.6. The molecule has 2 aliphatic heterocycles. The molecule has 0 bridgehead atoms. The SMILES string of the molecule is CCc1cc2c(cc1N1CCC(N3CCN(C(C)(C)CS)CC3)CC1)C(C)(C)c1[nH]c3cc(C#N)ccc3c1C2=O. The van der Waals surface area contributed by atoms with E-state index in [1.165, 1.54) is 24.1 Å². The smallest absolute Gasteiger partial charge is 0.195 e. The summed E-state index contributed by atoms with van der Waals surface area (Å²) in [7, 11) is 0. The maximum atomic E-state index is 14.0. The number of aryl methyl sites for hydroxylation is 1. The lowest BCUT2D eigenvalue weighted by Gasteiger charge is -2.47. The third kappa shape index (κ3) is 4.69. The Morgan fingerprint density at radius 3 is 2.41 bits per heavy atom.